The van der Waals surface area contributed by atoms with Crippen molar-refractivity contribution >= 4 is 29.4 Å². The number of hydrogen-bond donors (Lipinski definition) is 4. The maximum Gasteiger partial charge on any atom is 0.290 e. The molecule has 3 atom stereocenters. The Morgan fingerprint density at radius 3 is 2.38 bits per heavy atom. The molecule has 1 rings (SSSR count). The Hall–Kier alpha value is -2.71. The topological polar surface area (TPSA) is 133 Å². The van der Waals surface area contributed by atoms with Crippen LogP contribution in [0.1, 0.15) is 66.7 Å². The van der Waals surface area contributed by atoms with Crippen molar-refractivity contribution in [3.05, 3.63) is 12.2 Å². The first kappa shape index (κ1) is 27.3. The molecule has 0 bridgehead atoms. The minimum absolute atomic E-state index is 0.127. The second-order valence-corrected chi connectivity index (χ2v) is 9.12. The second kappa shape index (κ2) is 13.6. The molecule has 0 spiro atoms. The number of amides is 4. The normalized spacial score (nSPS) is 23.8. The monoisotopic (exact) mass is 450 g/mol. The van der Waals surface area contributed by atoms with Crippen LogP contribution < -0.4 is 21.3 Å². The van der Waals surface area contributed by atoms with E-state index in [1.807, 2.05) is 13.8 Å². The Bertz CT molecular complexity index is 717. The van der Waals surface area contributed by atoms with Crippen molar-refractivity contribution in [3.8, 4) is 0 Å². The largest absolute Gasteiger partial charge is 0.354 e. The molecular weight excluding hydrogens is 412 g/mol. The first-order chi connectivity index (χ1) is 15.0. The van der Waals surface area contributed by atoms with Crippen molar-refractivity contribution < 1.29 is 24.0 Å². The standard InChI is InChI=1S/C23H38N4O5/c1-14(2)9-6-7-11-19(28)26-17-10-8-12-24-21(30)18(13-15(3)4)27-23(32)20(29)16(5)25-22(17)31/h7,11,14-18H,6,8-10,12-13H2,1-5H3,(H,24,30)(H,25,31)(H,26,28)(H,27,32)/b11-7+/t16-,17-,18-/m0/s1. The Balaban J connectivity index is 2.90. The minimum atomic E-state index is -1.09. The lowest BCUT2D eigenvalue weighted by Crippen LogP contribution is -2.54. The highest BCUT2D eigenvalue weighted by Gasteiger charge is 2.30. The van der Waals surface area contributed by atoms with E-state index >= 15 is 0 Å². The summed E-state index contributed by atoms with van der Waals surface area (Å²) in [5, 5.41) is 10.4. The van der Waals surface area contributed by atoms with Gasteiger partial charge in [0.1, 0.15) is 12.1 Å². The fourth-order valence-electron chi connectivity index (χ4n) is 3.26. The van der Waals surface area contributed by atoms with Gasteiger partial charge in [0.25, 0.3) is 5.91 Å². The van der Waals surface area contributed by atoms with Crippen molar-refractivity contribution in [1.29, 1.82) is 0 Å². The fraction of sp³-hybridized carbons (Fsp3) is 0.696. The summed E-state index contributed by atoms with van der Waals surface area (Å²) in [5.74, 6) is -2.45. The number of nitrogens with one attached hydrogen (secondary N) is 4. The van der Waals surface area contributed by atoms with Gasteiger partial charge in [-0.05, 0) is 56.9 Å². The van der Waals surface area contributed by atoms with Crippen molar-refractivity contribution in [3.63, 3.8) is 0 Å². The lowest BCUT2D eigenvalue weighted by Gasteiger charge is -2.20. The first-order valence-electron chi connectivity index (χ1n) is 11.4. The van der Waals surface area contributed by atoms with Gasteiger partial charge in [0, 0.05) is 6.54 Å². The SMILES string of the molecule is CC(C)CC/C=C/C(=O)N[C@H]1CCCNC(=O)[C@H](CC(C)C)NC(=O)C(=O)[C@H](C)NC1=O. The third kappa shape index (κ3) is 10.1. The summed E-state index contributed by atoms with van der Waals surface area (Å²) in [7, 11) is 0. The van der Waals surface area contributed by atoms with E-state index in [4.69, 9.17) is 0 Å². The molecule has 0 aromatic carbocycles. The molecule has 32 heavy (non-hydrogen) atoms. The molecule has 180 valence electrons. The Labute approximate surface area is 190 Å². The van der Waals surface area contributed by atoms with Crippen LogP contribution in [0.3, 0.4) is 0 Å². The van der Waals surface area contributed by atoms with Crippen LogP contribution >= 0.6 is 0 Å². The number of carbonyl (C=O) groups is 5. The van der Waals surface area contributed by atoms with Crippen molar-refractivity contribution in [2.24, 2.45) is 11.8 Å². The smallest absolute Gasteiger partial charge is 0.290 e. The molecule has 4 amide bonds. The van der Waals surface area contributed by atoms with Crippen LogP contribution in [0.15, 0.2) is 12.2 Å². The van der Waals surface area contributed by atoms with Gasteiger partial charge >= 0.3 is 0 Å². The molecule has 0 unspecified atom stereocenters. The van der Waals surface area contributed by atoms with E-state index in [9.17, 15) is 24.0 Å². The van der Waals surface area contributed by atoms with E-state index < -0.39 is 41.6 Å². The van der Waals surface area contributed by atoms with Gasteiger partial charge in [-0.25, -0.2) is 0 Å². The van der Waals surface area contributed by atoms with Gasteiger partial charge < -0.3 is 21.3 Å². The van der Waals surface area contributed by atoms with Gasteiger partial charge in [-0.15, -0.1) is 0 Å². The van der Waals surface area contributed by atoms with Gasteiger partial charge in [0.2, 0.25) is 23.5 Å². The molecule has 1 heterocycles. The summed E-state index contributed by atoms with van der Waals surface area (Å²) in [5.41, 5.74) is 0. The molecule has 9 nitrogen and oxygen atoms in total. The second-order valence-electron chi connectivity index (χ2n) is 9.12. The summed E-state index contributed by atoms with van der Waals surface area (Å²) in [6, 6.07) is -2.81. The number of carbonyl (C=O) groups excluding carboxylic acids is 5. The van der Waals surface area contributed by atoms with Crippen LogP contribution in [0, 0.1) is 11.8 Å². The molecule has 1 saturated heterocycles. The minimum Gasteiger partial charge on any atom is -0.354 e. The van der Waals surface area contributed by atoms with E-state index in [-0.39, 0.29) is 24.8 Å². The lowest BCUT2D eigenvalue weighted by molar-refractivity contribution is -0.141. The lowest BCUT2D eigenvalue weighted by atomic mass is 10.0. The van der Waals surface area contributed by atoms with Crippen molar-refractivity contribution in [2.45, 2.75) is 84.8 Å². The molecule has 1 aliphatic heterocycles. The van der Waals surface area contributed by atoms with Crippen molar-refractivity contribution in [1.82, 2.24) is 21.3 Å². The predicted molar refractivity (Wildman–Crippen MR) is 121 cm³/mol. The van der Waals surface area contributed by atoms with Crippen LogP contribution in [0.4, 0.5) is 0 Å². The summed E-state index contributed by atoms with van der Waals surface area (Å²) in [4.78, 5) is 62.2. The summed E-state index contributed by atoms with van der Waals surface area (Å²) in [6.45, 7) is 9.69. The molecule has 1 fully saturated rings. The predicted octanol–water partition coefficient (Wildman–Crippen LogP) is 0.978. The summed E-state index contributed by atoms with van der Waals surface area (Å²) >= 11 is 0. The summed E-state index contributed by atoms with van der Waals surface area (Å²) < 4.78 is 0. The zero-order chi connectivity index (χ0) is 24.3. The number of hydrogen-bond acceptors (Lipinski definition) is 5. The quantitative estimate of drug-likeness (QED) is 0.339. The van der Waals surface area contributed by atoms with Gasteiger partial charge in [-0.1, -0.05) is 33.8 Å². The number of Topliss-reactive ketones (excluding diaryl/α,β-unsaturated/α-hetero) is 1. The zero-order valence-corrected chi connectivity index (χ0v) is 19.8. The van der Waals surface area contributed by atoms with Gasteiger partial charge in [-0.2, -0.15) is 0 Å². The van der Waals surface area contributed by atoms with Crippen LogP contribution in [-0.4, -0.2) is 54.1 Å². The third-order valence-corrected chi connectivity index (χ3v) is 5.09. The molecule has 1 aliphatic rings. The van der Waals surface area contributed by atoms with Crippen LogP contribution in [-0.2, 0) is 24.0 Å². The molecular formula is C23H38N4O5. The van der Waals surface area contributed by atoms with E-state index in [0.29, 0.717) is 18.8 Å². The number of ketones is 1. The van der Waals surface area contributed by atoms with Gasteiger partial charge in [-0.3, -0.25) is 24.0 Å². The van der Waals surface area contributed by atoms with Crippen LogP contribution in [0.5, 0.6) is 0 Å². The highest BCUT2D eigenvalue weighted by Crippen LogP contribution is 2.07. The average molecular weight is 451 g/mol. The Morgan fingerprint density at radius 1 is 1.06 bits per heavy atom. The Morgan fingerprint density at radius 2 is 1.75 bits per heavy atom. The molecule has 0 saturated carbocycles. The fourth-order valence-corrected chi connectivity index (χ4v) is 3.26. The van der Waals surface area contributed by atoms with Crippen LogP contribution in [0.2, 0.25) is 0 Å². The van der Waals surface area contributed by atoms with E-state index in [2.05, 4.69) is 35.1 Å². The third-order valence-electron chi connectivity index (χ3n) is 5.09. The van der Waals surface area contributed by atoms with E-state index in [1.54, 1.807) is 6.08 Å². The first-order valence-corrected chi connectivity index (χ1v) is 11.4. The molecule has 0 aromatic heterocycles. The summed E-state index contributed by atoms with van der Waals surface area (Å²) in [6.07, 6.45) is 5.96. The van der Waals surface area contributed by atoms with Gasteiger partial charge in [0.15, 0.2) is 0 Å². The Kier molecular flexibility index (Phi) is 11.7. The molecule has 9 heteroatoms. The zero-order valence-electron chi connectivity index (χ0n) is 19.8. The average Bonchev–Trinajstić information content (AvgIpc) is 2.71. The molecule has 0 aromatic rings. The maximum absolute atomic E-state index is 12.7. The highest BCUT2D eigenvalue weighted by molar-refractivity contribution is 6.38. The molecule has 4 N–H and O–H groups in total. The van der Waals surface area contributed by atoms with Gasteiger partial charge in [0.05, 0.1) is 6.04 Å². The van der Waals surface area contributed by atoms with Crippen molar-refractivity contribution in [2.75, 3.05) is 6.54 Å². The molecule has 0 radical (unpaired) electrons. The van der Waals surface area contributed by atoms with E-state index in [0.717, 1.165) is 12.8 Å². The number of rotatable bonds is 7. The maximum atomic E-state index is 12.7. The number of allylic oxidation sites excluding steroid dienone is 1. The van der Waals surface area contributed by atoms with E-state index in [1.165, 1.54) is 13.0 Å². The molecule has 0 aliphatic carbocycles. The van der Waals surface area contributed by atoms with Crippen LogP contribution in [0.25, 0.3) is 0 Å². The highest BCUT2D eigenvalue weighted by atomic mass is 16.2.